The lowest BCUT2D eigenvalue weighted by Gasteiger charge is -2.09. The average Bonchev–Trinajstić information content (AvgIpc) is 2.48. The summed E-state index contributed by atoms with van der Waals surface area (Å²) in [4.78, 5) is 22.5. The summed E-state index contributed by atoms with van der Waals surface area (Å²) in [5.41, 5.74) is -0.249. The van der Waals surface area contributed by atoms with Gasteiger partial charge < -0.3 is 10.1 Å². The van der Waals surface area contributed by atoms with Gasteiger partial charge >= 0.3 is 0 Å². The summed E-state index contributed by atoms with van der Waals surface area (Å²) in [6.45, 7) is 0.470. The Hall–Kier alpha value is -2.05. The summed E-state index contributed by atoms with van der Waals surface area (Å²) in [7, 11) is 0. The third-order valence-corrected chi connectivity index (χ3v) is 3.27. The van der Waals surface area contributed by atoms with Crippen molar-refractivity contribution in [1.29, 1.82) is 0 Å². The van der Waals surface area contributed by atoms with Gasteiger partial charge in [-0.3, -0.25) is 9.59 Å². The van der Waals surface area contributed by atoms with E-state index in [-0.39, 0.29) is 24.4 Å². The molecule has 2 aromatic rings. The number of nitrogens with one attached hydrogen (secondary N) is 2. The molecule has 0 spiro atoms. The third-order valence-electron chi connectivity index (χ3n) is 2.47. The van der Waals surface area contributed by atoms with Crippen LogP contribution in [0.3, 0.4) is 0 Å². The summed E-state index contributed by atoms with van der Waals surface area (Å²) in [6.07, 6.45) is 0. The maximum absolute atomic E-state index is 11.7. The van der Waals surface area contributed by atoms with Crippen LogP contribution in [-0.2, 0) is 0 Å². The van der Waals surface area contributed by atoms with Crippen molar-refractivity contribution in [2.45, 2.75) is 0 Å². The molecule has 8 heteroatoms. The highest BCUT2D eigenvalue weighted by atomic mass is 35.5. The van der Waals surface area contributed by atoms with Crippen LogP contribution in [0.4, 0.5) is 0 Å². The van der Waals surface area contributed by atoms with Crippen LogP contribution < -0.4 is 15.6 Å². The fourth-order valence-corrected chi connectivity index (χ4v) is 1.83. The third kappa shape index (κ3) is 4.21. The molecule has 0 unspecified atom stereocenters. The quantitative estimate of drug-likeness (QED) is 0.821. The summed E-state index contributed by atoms with van der Waals surface area (Å²) in [6, 6.07) is 7.61. The molecule has 2 N–H and O–H groups in total. The Labute approximate surface area is 130 Å². The molecule has 6 nitrogen and oxygen atoms in total. The number of hydrogen-bond acceptors (Lipinski definition) is 4. The molecule has 1 heterocycles. The summed E-state index contributed by atoms with van der Waals surface area (Å²) in [5, 5.41) is 9.12. The highest BCUT2D eigenvalue weighted by Crippen LogP contribution is 2.31. The fraction of sp³-hybridized carbons (Fsp3) is 0.154. The van der Waals surface area contributed by atoms with E-state index in [0.29, 0.717) is 15.8 Å². The Kier molecular flexibility index (Phi) is 5.19. The predicted molar refractivity (Wildman–Crippen MR) is 79.1 cm³/mol. The van der Waals surface area contributed by atoms with Gasteiger partial charge in [0, 0.05) is 6.07 Å². The van der Waals surface area contributed by atoms with Gasteiger partial charge in [0.1, 0.15) is 23.1 Å². The molecule has 1 aromatic heterocycles. The topological polar surface area (TPSA) is 84.1 Å². The zero-order chi connectivity index (χ0) is 15.2. The van der Waals surface area contributed by atoms with Crippen molar-refractivity contribution < 1.29 is 9.53 Å². The predicted octanol–water partition coefficient (Wildman–Crippen LogP) is 1.89. The van der Waals surface area contributed by atoms with Crippen molar-refractivity contribution in [3.63, 3.8) is 0 Å². The Morgan fingerprint density at radius 2 is 2.10 bits per heavy atom. The first-order valence-electron chi connectivity index (χ1n) is 5.98. The normalized spacial score (nSPS) is 10.2. The van der Waals surface area contributed by atoms with Crippen molar-refractivity contribution in [2.24, 2.45) is 0 Å². The first kappa shape index (κ1) is 15.3. The molecule has 0 aliphatic heterocycles. The lowest BCUT2D eigenvalue weighted by Crippen LogP contribution is -2.29. The monoisotopic (exact) mass is 327 g/mol. The number of H-pyrrole nitrogens is 1. The molecule has 0 bridgehead atoms. The molecule has 0 aliphatic carbocycles. The van der Waals surface area contributed by atoms with E-state index in [4.69, 9.17) is 27.9 Å². The number of aromatic nitrogens is 2. The van der Waals surface area contributed by atoms with Gasteiger partial charge in [-0.05, 0) is 18.2 Å². The smallest absolute Gasteiger partial charge is 0.271 e. The van der Waals surface area contributed by atoms with E-state index in [1.807, 2.05) is 0 Å². The van der Waals surface area contributed by atoms with Gasteiger partial charge in [-0.2, -0.15) is 5.10 Å². The van der Waals surface area contributed by atoms with E-state index in [1.54, 1.807) is 18.2 Å². The van der Waals surface area contributed by atoms with Crippen molar-refractivity contribution in [2.75, 3.05) is 13.2 Å². The van der Waals surface area contributed by atoms with Gasteiger partial charge in [-0.25, -0.2) is 5.10 Å². The largest absolute Gasteiger partial charge is 0.490 e. The molecule has 110 valence electrons. The minimum atomic E-state index is -0.410. The lowest BCUT2D eigenvalue weighted by molar-refractivity contribution is 0.0941. The number of nitrogens with zero attached hydrogens (tertiary/aromatic N) is 1. The van der Waals surface area contributed by atoms with Crippen molar-refractivity contribution in [3.05, 3.63) is 56.4 Å². The highest BCUT2D eigenvalue weighted by molar-refractivity contribution is 6.42. The summed E-state index contributed by atoms with van der Waals surface area (Å²) in [5.74, 6) is 0.0348. The Balaban J connectivity index is 1.82. The molecule has 0 aliphatic rings. The minimum absolute atomic E-state index is 0.121. The van der Waals surface area contributed by atoms with Crippen LogP contribution in [0.2, 0.25) is 10.0 Å². The molecule has 0 saturated carbocycles. The second kappa shape index (κ2) is 7.10. The maximum atomic E-state index is 11.7. The second-order valence-corrected chi connectivity index (χ2v) is 4.75. The number of ether oxygens (including phenoxy) is 1. The SMILES string of the molecule is O=C(NCCOc1cccc(Cl)c1Cl)c1ccc(=O)[nH]n1. The molecule has 1 aromatic carbocycles. The zero-order valence-electron chi connectivity index (χ0n) is 10.7. The second-order valence-electron chi connectivity index (χ2n) is 3.96. The first-order valence-corrected chi connectivity index (χ1v) is 6.74. The van der Waals surface area contributed by atoms with E-state index < -0.39 is 5.91 Å². The number of carbonyl (C=O) groups is 1. The Bertz CT molecular complexity index is 683. The minimum Gasteiger partial charge on any atom is -0.490 e. The summed E-state index contributed by atoms with van der Waals surface area (Å²) < 4.78 is 5.41. The van der Waals surface area contributed by atoms with E-state index in [1.165, 1.54) is 12.1 Å². The van der Waals surface area contributed by atoms with E-state index in [2.05, 4.69) is 15.5 Å². The lowest BCUT2D eigenvalue weighted by atomic mass is 10.3. The van der Waals surface area contributed by atoms with Crippen LogP contribution in [0.25, 0.3) is 0 Å². The molecule has 0 fully saturated rings. The number of aromatic amines is 1. The molecular formula is C13H11Cl2N3O3. The van der Waals surface area contributed by atoms with Crippen LogP contribution >= 0.6 is 23.2 Å². The molecule has 1 amide bonds. The van der Waals surface area contributed by atoms with Gasteiger partial charge in [-0.1, -0.05) is 29.3 Å². The van der Waals surface area contributed by atoms with E-state index >= 15 is 0 Å². The molecule has 21 heavy (non-hydrogen) atoms. The van der Waals surface area contributed by atoms with Crippen molar-refractivity contribution in [1.82, 2.24) is 15.5 Å². The zero-order valence-corrected chi connectivity index (χ0v) is 12.2. The van der Waals surface area contributed by atoms with Gasteiger partial charge in [0.25, 0.3) is 11.5 Å². The Morgan fingerprint density at radius 3 is 2.81 bits per heavy atom. The standard InChI is InChI=1S/C13H11Cl2N3O3/c14-8-2-1-3-10(12(8)15)21-7-6-16-13(20)9-4-5-11(19)18-17-9/h1-5H,6-7H2,(H,16,20)(H,18,19). The molecule has 0 radical (unpaired) electrons. The maximum Gasteiger partial charge on any atom is 0.271 e. The van der Waals surface area contributed by atoms with E-state index in [9.17, 15) is 9.59 Å². The van der Waals surface area contributed by atoms with Gasteiger partial charge in [0.2, 0.25) is 0 Å². The number of halogens is 2. The van der Waals surface area contributed by atoms with Crippen LogP contribution in [0.15, 0.2) is 35.1 Å². The number of rotatable bonds is 5. The van der Waals surface area contributed by atoms with Crippen molar-refractivity contribution >= 4 is 29.1 Å². The number of amides is 1. The van der Waals surface area contributed by atoms with E-state index in [0.717, 1.165) is 0 Å². The van der Waals surface area contributed by atoms with Crippen LogP contribution in [0.5, 0.6) is 5.75 Å². The van der Waals surface area contributed by atoms with Crippen LogP contribution in [0, 0.1) is 0 Å². The fourth-order valence-electron chi connectivity index (χ4n) is 1.48. The van der Waals surface area contributed by atoms with Crippen LogP contribution in [0.1, 0.15) is 10.5 Å². The summed E-state index contributed by atoms with van der Waals surface area (Å²) >= 11 is 11.8. The molecular weight excluding hydrogens is 317 g/mol. The number of carbonyl (C=O) groups excluding carboxylic acids is 1. The average molecular weight is 328 g/mol. The number of benzene rings is 1. The van der Waals surface area contributed by atoms with Gasteiger partial charge in [-0.15, -0.1) is 0 Å². The molecule has 0 saturated heterocycles. The van der Waals surface area contributed by atoms with Crippen molar-refractivity contribution in [3.8, 4) is 5.75 Å². The molecule has 0 atom stereocenters. The first-order chi connectivity index (χ1) is 10.1. The number of hydrogen-bond donors (Lipinski definition) is 2. The van der Waals surface area contributed by atoms with Gasteiger partial charge in [0.05, 0.1) is 11.6 Å². The van der Waals surface area contributed by atoms with Gasteiger partial charge in [0.15, 0.2) is 0 Å². The molecule has 2 rings (SSSR count). The Morgan fingerprint density at radius 1 is 1.29 bits per heavy atom. The van der Waals surface area contributed by atoms with Crippen LogP contribution in [-0.4, -0.2) is 29.3 Å². The highest BCUT2D eigenvalue weighted by Gasteiger charge is 2.08.